The number of aryl methyl sites for hydroxylation is 1. The van der Waals surface area contributed by atoms with Crippen LogP contribution < -0.4 is 14.8 Å². The second-order valence-corrected chi connectivity index (χ2v) is 8.10. The minimum atomic E-state index is -0.233. The number of methoxy groups -OCH3 is 1. The monoisotopic (exact) mass is 444 g/mol. The first-order valence-corrected chi connectivity index (χ1v) is 11.0. The van der Waals surface area contributed by atoms with Crippen LogP contribution in [0.5, 0.6) is 11.5 Å². The summed E-state index contributed by atoms with van der Waals surface area (Å²) in [6, 6.07) is 19.1. The first kappa shape index (κ1) is 22.4. The first-order valence-electron chi connectivity index (χ1n) is 11.0. The fourth-order valence-corrected chi connectivity index (χ4v) is 3.51. The Kier molecular flexibility index (Phi) is 6.63. The number of rotatable bonds is 8. The average Bonchev–Trinajstić information content (AvgIpc) is 3.27. The maximum atomic E-state index is 12.5. The summed E-state index contributed by atoms with van der Waals surface area (Å²) in [5.41, 5.74) is 5.04. The van der Waals surface area contributed by atoms with Crippen LogP contribution >= 0.6 is 0 Å². The van der Waals surface area contributed by atoms with Crippen molar-refractivity contribution in [2.75, 3.05) is 19.0 Å². The van der Waals surface area contributed by atoms with Gasteiger partial charge in [0.15, 0.2) is 12.2 Å². The van der Waals surface area contributed by atoms with Gasteiger partial charge in [0, 0.05) is 17.3 Å². The van der Waals surface area contributed by atoms with Crippen LogP contribution in [0.2, 0.25) is 0 Å². The Bertz CT molecular complexity index is 1260. The lowest BCUT2D eigenvalue weighted by Gasteiger charge is -2.12. The molecule has 170 valence electrons. The normalized spacial score (nSPS) is 11.9. The van der Waals surface area contributed by atoms with Gasteiger partial charge in [-0.05, 0) is 66.8 Å². The van der Waals surface area contributed by atoms with Crippen LogP contribution in [0.3, 0.4) is 0 Å². The quantitative estimate of drug-likeness (QED) is 0.343. The van der Waals surface area contributed by atoms with E-state index in [4.69, 9.17) is 13.9 Å². The lowest BCUT2D eigenvalue weighted by Crippen LogP contribution is -2.20. The van der Waals surface area contributed by atoms with Crippen molar-refractivity contribution in [1.82, 2.24) is 4.98 Å². The summed E-state index contributed by atoms with van der Waals surface area (Å²) in [7, 11) is 1.61. The molecule has 1 amide bonds. The highest BCUT2D eigenvalue weighted by Crippen LogP contribution is 2.29. The van der Waals surface area contributed by atoms with Crippen molar-refractivity contribution < 1.29 is 18.7 Å². The molecular formula is C27H28N2O4. The summed E-state index contributed by atoms with van der Waals surface area (Å²) in [6.45, 7) is 6.22. The van der Waals surface area contributed by atoms with Gasteiger partial charge in [-0.25, -0.2) is 4.98 Å². The van der Waals surface area contributed by atoms with E-state index in [9.17, 15) is 4.79 Å². The van der Waals surface area contributed by atoms with Crippen molar-refractivity contribution >= 4 is 22.7 Å². The minimum Gasteiger partial charge on any atom is -0.497 e. The molecule has 4 rings (SSSR count). The van der Waals surface area contributed by atoms with Gasteiger partial charge >= 0.3 is 0 Å². The number of carbonyl (C=O) groups excluding carboxylic acids is 1. The smallest absolute Gasteiger partial charge is 0.262 e. The standard InChI is InChI=1S/C27H28N2O4/c1-5-17(2)19-8-10-21(11-9-19)32-16-26(30)28-23-14-20(7-6-18(23)3)27-29-24-15-22(31-4)12-13-25(24)33-27/h6-15,17H,5,16H2,1-4H3,(H,28,30). The highest BCUT2D eigenvalue weighted by atomic mass is 16.5. The summed E-state index contributed by atoms with van der Waals surface area (Å²) >= 11 is 0. The molecule has 6 heteroatoms. The fraction of sp³-hybridized carbons (Fsp3) is 0.259. The molecule has 0 saturated carbocycles. The number of carbonyl (C=O) groups is 1. The van der Waals surface area contributed by atoms with Gasteiger partial charge in [-0.15, -0.1) is 0 Å². The van der Waals surface area contributed by atoms with E-state index in [1.54, 1.807) is 7.11 Å². The zero-order chi connectivity index (χ0) is 23.4. The second kappa shape index (κ2) is 9.77. The second-order valence-electron chi connectivity index (χ2n) is 8.10. The number of oxazole rings is 1. The largest absolute Gasteiger partial charge is 0.497 e. The van der Waals surface area contributed by atoms with E-state index in [0.29, 0.717) is 40.1 Å². The molecular weight excluding hydrogens is 416 g/mol. The van der Waals surface area contributed by atoms with Gasteiger partial charge in [0.05, 0.1) is 7.11 Å². The molecule has 3 aromatic carbocycles. The number of ether oxygens (including phenoxy) is 2. The summed E-state index contributed by atoms with van der Waals surface area (Å²) in [5, 5.41) is 2.93. The van der Waals surface area contributed by atoms with Crippen molar-refractivity contribution in [3.8, 4) is 23.0 Å². The molecule has 0 fully saturated rings. The molecule has 0 spiro atoms. The molecule has 1 heterocycles. The maximum absolute atomic E-state index is 12.5. The number of benzene rings is 3. The van der Waals surface area contributed by atoms with Gasteiger partial charge in [0.1, 0.15) is 17.0 Å². The van der Waals surface area contributed by atoms with Gasteiger partial charge in [0.25, 0.3) is 5.91 Å². The van der Waals surface area contributed by atoms with Crippen LogP contribution in [0.1, 0.15) is 37.3 Å². The first-order chi connectivity index (χ1) is 16.0. The molecule has 1 N–H and O–H groups in total. The highest BCUT2D eigenvalue weighted by Gasteiger charge is 2.13. The number of hydrogen-bond donors (Lipinski definition) is 1. The summed E-state index contributed by atoms with van der Waals surface area (Å²) < 4.78 is 16.8. The van der Waals surface area contributed by atoms with Crippen molar-refractivity contribution in [3.63, 3.8) is 0 Å². The van der Waals surface area contributed by atoms with Gasteiger partial charge in [-0.2, -0.15) is 0 Å². The van der Waals surface area contributed by atoms with E-state index < -0.39 is 0 Å². The Morgan fingerprint density at radius 1 is 1.06 bits per heavy atom. The molecule has 0 aliphatic carbocycles. The molecule has 0 radical (unpaired) electrons. The van der Waals surface area contributed by atoms with Crippen molar-refractivity contribution in [1.29, 1.82) is 0 Å². The van der Waals surface area contributed by atoms with Gasteiger partial charge in [-0.3, -0.25) is 4.79 Å². The molecule has 0 aliphatic rings. The van der Waals surface area contributed by atoms with E-state index in [2.05, 4.69) is 24.1 Å². The van der Waals surface area contributed by atoms with Crippen LogP contribution in [-0.4, -0.2) is 24.6 Å². The minimum absolute atomic E-state index is 0.0744. The third kappa shape index (κ3) is 5.17. The average molecular weight is 445 g/mol. The lowest BCUT2D eigenvalue weighted by atomic mass is 9.99. The summed E-state index contributed by atoms with van der Waals surface area (Å²) in [4.78, 5) is 17.1. The number of hydrogen-bond acceptors (Lipinski definition) is 5. The molecule has 1 aromatic heterocycles. The third-order valence-corrected chi connectivity index (χ3v) is 5.78. The molecule has 1 atom stereocenters. The van der Waals surface area contributed by atoms with Crippen molar-refractivity contribution in [3.05, 3.63) is 71.8 Å². The molecule has 4 aromatic rings. The zero-order valence-electron chi connectivity index (χ0n) is 19.3. The Labute approximate surface area is 193 Å². The number of anilines is 1. The molecule has 6 nitrogen and oxygen atoms in total. The van der Waals surface area contributed by atoms with E-state index >= 15 is 0 Å². The summed E-state index contributed by atoms with van der Waals surface area (Å²) in [6.07, 6.45) is 1.08. The molecule has 0 saturated heterocycles. The van der Waals surface area contributed by atoms with Gasteiger partial charge < -0.3 is 19.2 Å². The van der Waals surface area contributed by atoms with E-state index in [1.807, 2.05) is 67.6 Å². The Hall–Kier alpha value is -3.80. The molecule has 1 unspecified atom stereocenters. The Balaban J connectivity index is 1.44. The van der Waals surface area contributed by atoms with E-state index in [-0.39, 0.29) is 12.5 Å². The van der Waals surface area contributed by atoms with Crippen molar-refractivity contribution in [2.45, 2.75) is 33.1 Å². The predicted molar refractivity (Wildman–Crippen MR) is 130 cm³/mol. The van der Waals surface area contributed by atoms with Crippen molar-refractivity contribution in [2.24, 2.45) is 0 Å². The topological polar surface area (TPSA) is 73.6 Å². The van der Waals surface area contributed by atoms with Crippen LogP contribution in [0, 0.1) is 6.92 Å². The van der Waals surface area contributed by atoms with Crippen LogP contribution in [-0.2, 0) is 4.79 Å². The zero-order valence-corrected chi connectivity index (χ0v) is 19.3. The predicted octanol–water partition coefficient (Wildman–Crippen LogP) is 6.34. The third-order valence-electron chi connectivity index (χ3n) is 5.78. The fourth-order valence-electron chi connectivity index (χ4n) is 3.51. The van der Waals surface area contributed by atoms with Gasteiger partial charge in [-0.1, -0.05) is 32.0 Å². The highest BCUT2D eigenvalue weighted by molar-refractivity contribution is 5.93. The van der Waals surface area contributed by atoms with E-state index in [0.717, 1.165) is 17.5 Å². The van der Waals surface area contributed by atoms with Gasteiger partial charge in [0.2, 0.25) is 5.89 Å². The number of amides is 1. The summed E-state index contributed by atoms with van der Waals surface area (Å²) in [5.74, 6) is 2.13. The Morgan fingerprint density at radius 2 is 1.82 bits per heavy atom. The number of nitrogens with one attached hydrogen (secondary N) is 1. The number of aromatic nitrogens is 1. The Morgan fingerprint density at radius 3 is 2.55 bits per heavy atom. The van der Waals surface area contributed by atoms with E-state index in [1.165, 1.54) is 5.56 Å². The van der Waals surface area contributed by atoms with Crippen LogP contribution in [0.4, 0.5) is 5.69 Å². The number of fused-ring (bicyclic) bond motifs is 1. The molecule has 0 aliphatic heterocycles. The SMILES string of the molecule is CCC(C)c1ccc(OCC(=O)Nc2cc(-c3nc4cc(OC)ccc4o3)ccc2C)cc1. The maximum Gasteiger partial charge on any atom is 0.262 e. The molecule has 0 bridgehead atoms. The number of nitrogens with zero attached hydrogens (tertiary/aromatic N) is 1. The van der Waals surface area contributed by atoms with Crippen LogP contribution in [0.25, 0.3) is 22.6 Å². The van der Waals surface area contributed by atoms with Crippen LogP contribution in [0.15, 0.2) is 65.1 Å². The molecule has 33 heavy (non-hydrogen) atoms. The lowest BCUT2D eigenvalue weighted by molar-refractivity contribution is -0.118.